The number of aliphatic carboxylic acids is 1. The quantitative estimate of drug-likeness (QED) is 0.812. The molecule has 0 unspecified atom stereocenters. The maximum Gasteiger partial charge on any atom is 0.329 e. The van der Waals surface area contributed by atoms with Crippen LogP contribution in [-0.2, 0) is 11.3 Å². The number of anilines is 1. The van der Waals surface area contributed by atoms with Gasteiger partial charge in [0.25, 0.3) is 0 Å². The highest BCUT2D eigenvalue weighted by Crippen LogP contribution is 2.31. The lowest BCUT2D eigenvalue weighted by Gasteiger charge is -2.40. The van der Waals surface area contributed by atoms with E-state index in [4.69, 9.17) is 0 Å². The van der Waals surface area contributed by atoms with Crippen LogP contribution in [0.25, 0.3) is 0 Å². The molecule has 1 aliphatic rings. The van der Waals surface area contributed by atoms with Gasteiger partial charge in [-0.2, -0.15) is 0 Å². The van der Waals surface area contributed by atoms with Crippen molar-refractivity contribution in [1.82, 2.24) is 4.90 Å². The van der Waals surface area contributed by atoms with E-state index in [0.717, 1.165) is 29.8 Å². The number of carbonyl (C=O) groups is 1. The van der Waals surface area contributed by atoms with Crippen molar-refractivity contribution >= 4 is 27.6 Å². The van der Waals surface area contributed by atoms with Crippen molar-refractivity contribution in [2.45, 2.75) is 24.9 Å². The molecule has 0 aromatic heterocycles. The van der Waals surface area contributed by atoms with E-state index in [1.54, 1.807) is 0 Å². The highest BCUT2D eigenvalue weighted by Gasteiger charge is 2.41. The van der Waals surface area contributed by atoms with E-state index in [0.29, 0.717) is 12.8 Å². The zero-order valence-corrected chi connectivity index (χ0v) is 15.0. The minimum atomic E-state index is -0.906. The standard InChI is InChI=1S/C19H21BrN2O2/c20-16-8-4-5-9-17(16)21-19(18(23)24)10-12-22(13-11-19)14-15-6-2-1-3-7-15/h1-9,21H,10-14H2,(H,23,24). The molecule has 1 saturated heterocycles. The monoisotopic (exact) mass is 388 g/mol. The topological polar surface area (TPSA) is 52.6 Å². The normalized spacial score (nSPS) is 17.4. The Kier molecular flexibility index (Phi) is 5.21. The van der Waals surface area contributed by atoms with Gasteiger partial charge in [0, 0.05) is 29.8 Å². The Bertz CT molecular complexity index is 698. The SMILES string of the molecule is O=C(O)C1(Nc2ccccc2Br)CCN(Cc2ccccc2)CC1. The maximum atomic E-state index is 12.0. The molecule has 24 heavy (non-hydrogen) atoms. The predicted octanol–water partition coefficient (Wildman–Crippen LogP) is 3.98. The van der Waals surface area contributed by atoms with Crippen molar-refractivity contribution in [3.8, 4) is 0 Å². The number of hydrogen-bond donors (Lipinski definition) is 2. The van der Waals surface area contributed by atoms with Crippen LogP contribution in [-0.4, -0.2) is 34.6 Å². The van der Waals surface area contributed by atoms with Gasteiger partial charge in [-0.25, -0.2) is 4.79 Å². The largest absolute Gasteiger partial charge is 0.480 e. The lowest BCUT2D eigenvalue weighted by atomic mass is 9.87. The average Bonchev–Trinajstić information content (AvgIpc) is 2.59. The van der Waals surface area contributed by atoms with Crippen LogP contribution < -0.4 is 5.32 Å². The molecular weight excluding hydrogens is 368 g/mol. The summed E-state index contributed by atoms with van der Waals surface area (Å²) in [6.45, 7) is 2.39. The Hall–Kier alpha value is -1.85. The van der Waals surface area contributed by atoms with Gasteiger partial charge in [0.05, 0.1) is 0 Å². The van der Waals surface area contributed by atoms with E-state index < -0.39 is 11.5 Å². The first kappa shape index (κ1) is 17.0. The smallest absolute Gasteiger partial charge is 0.329 e. The van der Waals surface area contributed by atoms with Gasteiger partial charge in [0.15, 0.2) is 0 Å². The summed E-state index contributed by atoms with van der Waals surface area (Å²) in [4.78, 5) is 14.3. The molecule has 0 aliphatic carbocycles. The fourth-order valence-electron chi connectivity index (χ4n) is 3.15. The highest BCUT2D eigenvalue weighted by atomic mass is 79.9. The minimum absolute atomic E-state index is 0.580. The van der Waals surface area contributed by atoms with Gasteiger partial charge in [-0.15, -0.1) is 0 Å². The second kappa shape index (κ2) is 7.36. The molecule has 0 saturated carbocycles. The zero-order valence-electron chi connectivity index (χ0n) is 13.4. The summed E-state index contributed by atoms with van der Waals surface area (Å²) in [5, 5.41) is 13.1. The predicted molar refractivity (Wildman–Crippen MR) is 99.1 cm³/mol. The Balaban J connectivity index is 1.68. The lowest BCUT2D eigenvalue weighted by molar-refractivity contribution is -0.144. The van der Waals surface area contributed by atoms with Crippen molar-refractivity contribution in [1.29, 1.82) is 0 Å². The lowest BCUT2D eigenvalue weighted by Crippen LogP contribution is -2.54. The van der Waals surface area contributed by atoms with E-state index in [2.05, 4.69) is 38.3 Å². The number of nitrogens with one attached hydrogen (secondary N) is 1. The first-order valence-corrected chi connectivity index (χ1v) is 8.91. The van der Waals surface area contributed by atoms with Gasteiger partial charge < -0.3 is 10.4 Å². The molecule has 5 heteroatoms. The first-order valence-electron chi connectivity index (χ1n) is 8.11. The summed E-state index contributed by atoms with van der Waals surface area (Å²) in [6.07, 6.45) is 1.16. The van der Waals surface area contributed by atoms with Crippen molar-refractivity contribution in [3.05, 3.63) is 64.6 Å². The van der Waals surface area contributed by atoms with Crippen LogP contribution in [0.2, 0.25) is 0 Å². The van der Waals surface area contributed by atoms with Gasteiger partial charge in [0.1, 0.15) is 5.54 Å². The molecule has 0 spiro atoms. The molecule has 2 aromatic rings. The van der Waals surface area contributed by atoms with Crippen LogP contribution in [0, 0.1) is 0 Å². The van der Waals surface area contributed by atoms with Crippen LogP contribution in [0.5, 0.6) is 0 Å². The highest BCUT2D eigenvalue weighted by molar-refractivity contribution is 9.10. The van der Waals surface area contributed by atoms with Crippen LogP contribution in [0.1, 0.15) is 18.4 Å². The van der Waals surface area contributed by atoms with Gasteiger partial charge in [-0.3, -0.25) is 4.90 Å². The van der Waals surface area contributed by atoms with Crippen molar-refractivity contribution in [2.75, 3.05) is 18.4 Å². The summed E-state index contributed by atoms with van der Waals surface area (Å²) >= 11 is 3.49. The Labute approximate surface area is 150 Å². The van der Waals surface area contributed by atoms with E-state index in [1.807, 2.05) is 42.5 Å². The molecule has 0 radical (unpaired) electrons. The van der Waals surface area contributed by atoms with Crippen molar-refractivity contribution < 1.29 is 9.90 Å². The van der Waals surface area contributed by atoms with Gasteiger partial charge in [-0.05, 0) is 46.5 Å². The number of para-hydroxylation sites is 1. The zero-order chi connectivity index (χ0) is 17.0. The van der Waals surface area contributed by atoms with Crippen LogP contribution in [0.3, 0.4) is 0 Å². The fraction of sp³-hybridized carbons (Fsp3) is 0.316. The van der Waals surface area contributed by atoms with Crippen LogP contribution >= 0.6 is 15.9 Å². The number of halogens is 1. The number of hydrogen-bond acceptors (Lipinski definition) is 3. The molecular formula is C19H21BrN2O2. The molecule has 2 aromatic carbocycles. The summed E-state index contributed by atoms with van der Waals surface area (Å²) in [7, 11) is 0. The molecule has 2 N–H and O–H groups in total. The molecule has 0 amide bonds. The van der Waals surface area contributed by atoms with Crippen molar-refractivity contribution in [2.24, 2.45) is 0 Å². The second-order valence-corrected chi connectivity index (χ2v) is 7.11. The fourth-order valence-corrected chi connectivity index (χ4v) is 3.53. The maximum absolute atomic E-state index is 12.0. The number of benzene rings is 2. The van der Waals surface area contributed by atoms with E-state index in [-0.39, 0.29) is 0 Å². The summed E-state index contributed by atoms with van der Waals surface area (Å²) in [5.74, 6) is -0.780. The molecule has 126 valence electrons. The summed E-state index contributed by atoms with van der Waals surface area (Å²) in [5.41, 5.74) is 1.19. The average molecular weight is 389 g/mol. The van der Waals surface area contributed by atoms with Gasteiger partial charge in [0.2, 0.25) is 0 Å². The Morgan fingerprint density at radius 1 is 1.08 bits per heavy atom. The number of carboxylic acids is 1. The molecule has 0 bridgehead atoms. The molecule has 1 aliphatic heterocycles. The van der Waals surface area contributed by atoms with E-state index >= 15 is 0 Å². The number of rotatable bonds is 5. The third-order valence-corrected chi connectivity index (χ3v) is 5.31. The molecule has 0 atom stereocenters. The number of carboxylic acid groups (broad SMARTS) is 1. The first-order chi connectivity index (χ1) is 11.6. The van der Waals surface area contributed by atoms with Gasteiger partial charge >= 0.3 is 5.97 Å². The third-order valence-electron chi connectivity index (χ3n) is 4.62. The Morgan fingerprint density at radius 2 is 1.71 bits per heavy atom. The number of likely N-dealkylation sites (tertiary alicyclic amines) is 1. The summed E-state index contributed by atoms with van der Waals surface area (Å²) in [6, 6.07) is 18.0. The van der Waals surface area contributed by atoms with E-state index in [1.165, 1.54) is 5.56 Å². The summed E-state index contributed by atoms with van der Waals surface area (Å²) < 4.78 is 0.886. The molecule has 1 heterocycles. The molecule has 3 rings (SSSR count). The minimum Gasteiger partial charge on any atom is -0.480 e. The third kappa shape index (κ3) is 3.79. The number of nitrogens with zero attached hydrogens (tertiary/aromatic N) is 1. The second-order valence-electron chi connectivity index (χ2n) is 6.25. The van der Waals surface area contributed by atoms with E-state index in [9.17, 15) is 9.90 Å². The van der Waals surface area contributed by atoms with Gasteiger partial charge in [-0.1, -0.05) is 42.5 Å². The van der Waals surface area contributed by atoms with Crippen molar-refractivity contribution in [3.63, 3.8) is 0 Å². The van der Waals surface area contributed by atoms with Crippen LogP contribution in [0.15, 0.2) is 59.1 Å². The van der Waals surface area contributed by atoms with Crippen LogP contribution in [0.4, 0.5) is 5.69 Å². The molecule has 4 nitrogen and oxygen atoms in total. The number of piperidine rings is 1. The Morgan fingerprint density at radius 3 is 2.33 bits per heavy atom. The molecule has 1 fully saturated rings.